The predicted molar refractivity (Wildman–Crippen MR) is 79.7 cm³/mol. The van der Waals surface area contributed by atoms with Gasteiger partial charge in [-0.3, -0.25) is 4.98 Å². The Balaban J connectivity index is 1.51. The summed E-state index contributed by atoms with van der Waals surface area (Å²) >= 11 is 0. The average molecular weight is 272 g/mol. The third-order valence-corrected chi connectivity index (χ3v) is 2.81. The van der Waals surface area contributed by atoms with Gasteiger partial charge in [0.05, 0.1) is 13.2 Å². The van der Waals surface area contributed by atoms with E-state index in [0.717, 1.165) is 30.0 Å². The molecule has 0 fully saturated rings. The van der Waals surface area contributed by atoms with Crippen LogP contribution in [-0.4, -0.2) is 24.8 Å². The number of ether oxygens (including phenoxy) is 2. The lowest BCUT2D eigenvalue weighted by molar-refractivity contribution is 0.121. The molecule has 1 heterocycles. The number of nitrogen functional groups attached to an aromatic ring is 1. The molecule has 0 aliphatic rings. The van der Waals surface area contributed by atoms with E-state index in [4.69, 9.17) is 15.2 Å². The minimum Gasteiger partial charge on any atom is -0.494 e. The van der Waals surface area contributed by atoms with Crippen molar-refractivity contribution in [2.24, 2.45) is 0 Å². The summed E-state index contributed by atoms with van der Waals surface area (Å²) in [5.41, 5.74) is 7.41. The van der Waals surface area contributed by atoms with E-state index in [9.17, 15) is 0 Å². The summed E-state index contributed by atoms with van der Waals surface area (Å²) < 4.78 is 11.1. The summed E-state index contributed by atoms with van der Waals surface area (Å²) in [5, 5.41) is 0. The van der Waals surface area contributed by atoms with E-state index in [-0.39, 0.29) is 0 Å². The number of hydrogen-bond acceptors (Lipinski definition) is 4. The summed E-state index contributed by atoms with van der Waals surface area (Å²) in [4.78, 5) is 4.24. The largest absolute Gasteiger partial charge is 0.494 e. The van der Waals surface area contributed by atoms with Crippen LogP contribution in [0.4, 0.5) is 5.69 Å². The first kappa shape index (κ1) is 14.3. The van der Waals surface area contributed by atoms with Crippen LogP contribution in [0.2, 0.25) is 0 Å². The first-order chi connectivity index (χ1) is 9.84. The van der Waals surface area contributed by atoms with E-state index in [2.05, 4.69) is 4.98 Å². The van der Waals surface area contributed by atoms with Crippen LogP contribution in [-0.2, 0) is 11.2 Å². The van der Waals surface area contributed by atoms with Crippen molar-refractivity contribution in [2.75, 3.05) is 25.6 Å². The molecule has 4 heteroatoms. The number of rotatable bonds is 8. The van der Waals surface area contributed by atoms with Crippen molar-refractivity contribution in [3.8, 4) is 5.75 Å². The number of pyridine rings is 1. The van der Waals surface area contributed by atoms with Gasteiger partial charge in [0.15, 0.2) is 0 Å². The first-order valence-electron chi connectivity index (χ1n) is 6.80. The highest BCUT2D eigenvalue weighted by Gasteiger charge is 1.96. The number of anilines is 1. The van der Waals surface area contributed by atoms with Gasteiger partial charge in [-0.2, -0.15) is 0 Å². The van der Waals surface area contributed by atoms with Gasteiger partial charge in [0.25, 0.3) is 0 Å². The molecule has 0 bridgehead atoms. The van der Waals surface area contributed by atoms with Gasteiger partial charge in [-0.05, 0) is 36.4 Å². The zero-order chi connectivity index (χ0) is 14.0. The second-order valence-corrected chi connectivity index (χ2v) is 4.45. The lowest BCUT2D eigenvalue weighted by atomic mass is 10.3. The summed E-state index contributed by atoms with van der Waals surface area (Å²) in [7, 11) is 0. The number of hydrogen-bond donors (Lipinski definition) is 1. The number of aromatic nitrogens is 1. The molecule has 106 valence electrons. The molecular weight excluding hydrogens is 252 g/mol. The van der Waals surface area contributed by atoms with Crippen molar-refractivity contribution in [3.05, 3.63) is 54.4 Å². The zero-order valence-electron chi connectivity index (χ0n) is 11.5. The molecule has 20 heavy (non-hydrogen) atoms. The van der Waals surface area contributed by atoms with Gasteiger partial charge >= 0.3 is 0 Å². The van der Waals surface area contributed by atoms with E-state index < -0.39 is 0 Å². The number of benzene rings is 1. The lowest BCUT2D eigenvalue weighted by Gasteiger charge is -2.07. The Kier molecular flexibility index (Phi) is 5.86. The Morgan fingerprint density at radius 3 is 2.55 bits per heavy atom. The van der Waals surface area contributed by atoms with Gasteiger partial charge in [0.1, 0.15) is 5.75 Å². The van der Waals surface area contributed by atoms with Crippen molar-refractivity contribution >= 4 is 5.69 Å². The molecular formula is C16H20N2O2. The van der Waals surface area contributed by atoms with E-state index in [1.165, 1.54) is 0 Å². The molecule has 1 aromatic carbocycles. The maximum atomic E-state index is 5.60. The predicted octanol–water partition coefficient (Wildman–Crippen LogP) is 2.69. The summed E-state index contributed by atoms with van der Waals surface area (Å²) in [6.45, 7) is 2.04. The zero-order valence-corrected chi connectivity index (χ0v) is 11.5. The van der Waals surface area contributed by atoms with Crippen molar-refractivity contribution in [1.82, 2.24) is 4.98 Å². The molecule has 0 spiro atoms. The molecule has 2 rings (SSSR count). The highest BCUT2D eigenvalue weighted by Crippen LogP contribution is 2.13. The van der Waals surface area contributed by atoms with Gasteiger partial charge < -0.3 is 15.2 Å². The SMILES string of the molecule is Nc1ccc(OCCCOCCc2ccccn2)cc1. The van der Waals surface area contributed by atoms with Gasteiger partial charge in [-0.25, -0.2) is 0 Å². The Bertz CT molecular complexity index is 486. The van der Waals surface area contributed by atoms with Gasteiger partial charge in [0.2, 0.25) is 0 Å². The fraction of sp³-hybridized carbons (Fsp3) is 0.312. The van der Waals surface area contributed by atoms with Crippen LogP contribution in [0, 0.1) is 0 Å². The maximum Gasteiger partial charge on any atom is 0.119 e. The standard InChI is InChI=1S/C16H20N2O2/c17-14-5-7-16(8-6-14)20-12-3-11-19-13-9-15-4-1-2-10-18-15/h1-2,4-8,10H,3,9,11-13,17H2. The van der Waals surface area contributed by atoms with Crippen molar-refractivity contribution in [2.45, 2.75) is 12.8 Å². The molecule has 0 saturated carbocycles. The van der Waals surface area contributed by atoms with E-state index in [1.807, 2.05) is 42.5 Å². The van der Waals surface area contributed by atoms with E-state index in [1.54, 1.807) is 6.20 Å². The van der Waals surface area contributed by atoms with Crippen LogP contribution in [0.15, 0.2) is 48.7 Å². The summed E-state index contributed by atoms with van der Waals surface area (Å²) in [6, 6.07) is 13.3. The second-order valence-electron chi connectivity index (χ2n) is 4.45. The third kappa shape index (κ3) is 5.28. The Hall–Kier alpha value is -2.07. The van der Waals surface area contributed by atoms with Gasteiger partial charge in [-0.15, -0.1) is 0 Å². The topological polar surface area (TPSA) is 57.4 Å². The Labute approximate surface area is 119 Å². The highest BCUT2D eigenvalue weighted by molar-refractivity contribution is 5.41. The van der Waals surface area contributed by atoms with Crippen LogP contribution in [0.3, 0.4) is 0 Å². The van der Waals surface area contributed by atoms with Crippen LogP contribution < -0.4 is 10.5 Å². The normalized spacial score (nSPS) is 10.4. The lowest BCUT2D eigenvalue weighted by Crippen LogP contribution is -2.05. The van der Waals surface area contributed by atoms with Crippen LogP contribution in [0.5, 0.6) is 5.75 Å². The van der Waals surface area contributed by atoms with Gasteiger partial charge in [-0.1, -0.05) is 6.07 Å². The van der Waals surface area contributed by atoms with Crippen molar-refractivity contribution < 1.29 is 9.47 Å². The fourth-order valence-corrected chi connectivity index (χ4v) is 1.74. The molecule has 2 aromatic rings. The summed E-state index contributed by atoms with van der Waals surface area (Å²) in [5.74, 6) is 0.840. The minimum absolute atomic E-state index is 0.646. The molecule has 0 radical (unpaired) electrons. The molecule has 0 saturated heterocycles. The van der Waals surface area contributed by atoms with E-state index in [0.29, 0.717) is 19.8 Å². The van der Waals surface area contributed by atoms with Crippen molar-refractivity contribution in [3.63, 3.8) is 0 Å². The Morgan fingerprint density at radius 2 is 1.80 bits per heavy atom. The quantitative estimate of drug-likeness (QED) is 0.593. The summed E-state index contributed by atoms with van der Waals surface area (Å²) in [6.07, 6.45) is 3.52. The Morgan fingerprint density at radius 1 is 0.950 bits per heavy atom. The first-order valence-corrected chi connectivity index (χ1v) is 6.80. The highest BCUT2D eigenvalue weighted by atomic mass is 16.5. The van der Waals surface area contributed by atoms with Crippen LogP contribution >= 0.6 is 0 Å². The molecule has 1 aromatic heterocycles. The molecule has 0 aliphatic carbocycles. The molecule has 0 amide bonds. The molecule has 0 aliphatic heterocycles. The van der Waals surface area contributed by atoms with Crippen molar-refractivity contribution in [1.29, 1.82) is 0 Å². The van der Waals surface area contributed by atoms with Gasteiger partial charge in [0, 0.05) is 37.0 Å². The monoisotopic (exact) mass is 272 g/mol. The van der Waals surface area contributed by atoms with Crippen LogP contribution in [0.1, 0.15) is 12.1 Å². The third-order valence-electron chi connectivity index (χ3n) is 2.81. The smallest absolute Gasteiger partial charge is 0.119 e. The number of nitrogens with zero attached hydrogens (tertiary/aromatic N) is 1. The molecule has 2 N–H and O–H groups in total. The van der Waals surface area contributed by atoms with E-state index >= 15 is 0 Å². The second kappa shape index (κ2) is 8.17. The molecule has 4 nitrogen and oxygen atoms in total. The minimum atomic E-state index is 0.646. The fourth-order valence-electron chi connectivity index (χ4n) is 1.74. The maximum absolute atomic E-state index is 5.60. The number of nitrogens with two attached hydrogens (primary N) is 1. The average Bonchev–Trinajstić information content (AvgIpc) is 2.49. The molecule has 0 unspecified atom stereocenters. The van der Waals surface area contributed by atoms with Crippen LogP contribution in [0.25, 0.3) is 0 Å². The molecule has 0 atom stereocenters.